The lowest BCUT2D eigenvalue weighted by atomic mass is 10.3. The van der Waals surface area contributed by atoms with Crippen molar-refractivity contribution in [2.75, 3.05) is 0 Å². The number of nitrogens with zero attached hydrogens (tertiary/aromatic N) is 3. The molecule has 4 heteroatoms. The topological polar surface area (TPSA) is 30.7 Å². The summed E-state index contributed by atoms with van der Waals surface area (Å²) in [5.74, 6) is 1.17. The molecule has 20 heavy (non-hydrogen) atoms. The maximum Gasteiger partial charge on any atom is 0.110 e. The van der Waals surface area contributed by atoms with Crippen LogP contribution in [0.15, 0.2) is 29.6 Å². The van der Waals surface area contributed by atoms with E-state index in [1.165, 1.54) is 16.3 Å². The third-order valence-corrected chi connectivity index (χ3v) is 4.47. The fourth-order valence-electron chi connectivity index (χ4n) is 2.46. The monoisotopic (exact) mass is 285 g/mol. The predicted molar refractivity (Wildman–Crippen MR) is 84.3 cm³/mol. The minimum absolute atomic E-state index is 0.826. The summed E-state index contributed by atoms with van der Waals surface area (Å²) in [6.45, 7) is 5.17. The molecule has 0 spiro atoms. The average molecular weight is 285 g/mol. The Labute approximate surface area is 123 Å². The highest BCUT2D eigenvalue weighted by Crippen LogP contribution is 2.20. The van der Waals surface area contributed by atoms with Crippen molar-refractivity contribution in [2.45, 2.75) is 39.7 Å². The molecule has 0 N–H and O–H groups in total. The zero-order valence-electron chi connectivity index (χ0n) is 12.0. The maximum absolute atomic E-state index is 4.76. The van der Waals surface area contributed by atoms with Crippen molar-refractivity contribution >= 4 is 22.4 Å². The second-order valence-corrected chi connectivity index (χ2v) is 5.88. The molecule has 3 aromatic rings. The van der Waals surface area contributed by atoms with Crippen molar-refractivity contribution in [2.24, 2.45) is 0 Å². The summed E-state index contributed by atoms with van der Waals surface area (Å²) in [5, 5.41) is 3.38. The van der Waals surface area contributed by atoms with Gasteiger partial charge in [-0.1, -0.05) is 26.0 Å². The van der Waals surface area contributed by atoms with Gasteiger partial charge < -0.3 is 4.57 Å². The molecule has 0 unspecified atom stereocenters. The summed E-state index contributed by atoms with van der Waals surface area (Å²) in [4.78, 5) is 9.45. The van der Waals surface area contributed by atoms with Crippen LogP contribution in [0, 0.1) is 0 Å². The molecule has 0 aliphatic carbocycles. The van der Waals surface area contributed by atoms with Gasteiger partial charge in [-0.2, -0.15) is 0 Å². The Morgan fingerprint density at radius 2 is 2.00 bits per heavy atom. The molecule has 0 bridgehead atoms. The highest BCUT2D eigenvalue weighted by molar-refractivity contribution is 7.09. The Balaban J connectivity index is 2.01. The molecule has 0 atom stereocenters. The van der Waals surface area contributed by atoms with E-state index < -0.39 is 0 Å². The zero-order chi connectivity index (χ0) is 13.9. The van der Waals surface area contributed by atoms with Crippen LogP contribution in [0.5, 0.6) is 0 Å². The lowest BCUT2D eigenvalue weighted by molar-refractivity contribution is 0.711. The Hall–Kier alpha value is -1.68. The summed E-state index contributed by atoms with van der Waals surface area (Å²) in [6.07, 6.45) is 3.14. The number of fused-ring (bicyclic) bond motifs is 1. The molecular formula is C16H19N3S. The number of benzene rings is 1. The molecule has 0 saturated heterocycles. The van der Waals surface area contributed by atoms with Gasteiger partial charge in [-0.05, 0) is 25.0 Å². The molecule has 0 radical (unpaired) electrons. The van der Waals surface area contributed by atoms with E-state index in [9.17, 15) is 0 Å². The summed E-state index contributed by atoms with van der Waals surface area (Å²) in [7, 11) is 0. The van der Waals surface area contributed by atoms with Gasteiger partial charge in [0.05, 0.1) is 28.3 Å². The minimum atomic E-state index is 0.826. The largest absolute Gasteiger partial charge is 0.322 e. The van der Waals surface area contributed by atoms with Crippen LogP contribution in [0.25, 0.3) is 11.0 Å². The van der Waals surface area contributed by atoms with Gasteiger partial charge in [0.1, 0.15) is 5.82 Å². The number of imidazole rings is 1. The molecule has 1 aromatic carbocycles. The van der Waals surface area contributed by atoms with Gasteiger partial charge in [-0.25, -0.2) is 9.97 Å². The highest BCUT2D eigenvalue weighted by Gasteiger charge is 2.11. The smallest absolute Gasteiger partial charge is 0.110 e. The number of aromatic nitrogens is 3. The van der Waals surface area contributed by atoms with E-state index in [-0.39, 0.29) is 0 Å². The Morgan fingerprint density at radius 1 is 1.15 bits per heavy atom. The highest BCUT2D eigenvalue weighted by atomic mass is 32.1. The van der Waals surface area contributed by atoms with Gasteiger partial charge in [0.2, 0.25) is 0 Å². The maximum atomic E-state index is 4.76. The summed E-state index contributed by atoms with van der Waals surface area (Å²) in [6, 6.07) is 8.36. The van der Waals surface area contributed by atoms with Gasteiger partial charge in [0.25, 0.3) is 0 Å². The van der Waals surface area contributed by atoms with Gasteiger partial charge in [-0.15, -0.1) is 11.3 Å². The van der Waals surface area contributed by atoms with Crippen LogP contribution in [-0.2, 0) is 19.4 Å². The molecule has 104 valence electrons. The second-order valence-electron chi connectivity index (χ2n) is 4.94. The van der Waals surface area contributed by atoms with Crippen LogP contribution in [0.3, 0.4) is 0 Å². The minimum Gasteiger partial charge on any atom is -0.322 e. The number of para-hydroxylation sites is 2. The van der Waals surface area contributed by atoms with Crippen LogP contribution in [-0.4, -0.2) is 14.5 Å². The number of thiazole rings is 1. The third-order valence-electron chi connectivity index (χ3n) is 3.43. The van der Waals surface area contributed by atoms with Crippen molar-refractivity contribution in [1.82, 2.24) is 14.5 Å². The molecule has 2 heterocycles. The van der Waals surface area contributed by atoms with E-state index in [2.05, 4.69) is 47.0 Å². The number of aryl methyl sites for hydroxylation is 2. The number of hydrogen-bond acceptors (Lipinski definition) is 3. The molecule has 3 nitrogen and oxygen atoms in total. The first-order valence-corrected chi connectivity index (χ1v) is 8.07. The summed E-state index contributed by atoms with van der Waals surface area (Å²) >= 11 is 1.75. The lowest BCUT2D eigenvalue weighted by Gasteiger charge is -2.06. The molecule has 0 aliphatic heterocycles. The first-order chi connectivity index (χ1) is 9.81. The van der Waals surface area contributed by atoms with Gasteiger partial charge in [0, 0.05) is 11.8 Å². The van der Waals surface area contributed by atoms with E-state index in [0.29, 0.717) is 0 Å². The van der Waals surface area contributed by atoms with Crippen molar-refractivity contribution in [1.29, 1.82) is 0 Å². The lowest BCUT2D eigenvalue weighted by Crippen LogP contribution is -2.05. The fourth-order valence-corrected chi connectivity index (χ4v) is 3.20. The normalized spacial score (nSPS) is 11.3. The molecular weight excluding hydrogens is 266 g/mol. The van der Waals surface area contributed by atoms with Crippen LogP contribution in [0.4, 0.5) is 0 Å². The summed E-state index contributed by atoms with van der Waals surface area (Å²) in [5.41, 5.74) is 3.44. The zero-order valence-corrected chi connectivity index (χ0v) is 12.8. The predicted octanol–water partition coefficient (Wildman–Crippen LogP) is 4.06. The van der Waals surface area contributed by atoms with Crippen LogP contribution < -0.4 is 0 Å². The Bertz CT molecular complexity index is 711. The van der Waals surface area contributed by atoms with Gasteiger partial charge in [-0.3, -0.25) is 0 Å². The number of rotatable bonds is 5. The summed E-state index contributed by atoms with van der Waals surface area (Å²) < 4.78 is 2.31. The first-order valence-electron chi connectivity index (χ1n) is 7.19. The Kier molecular flexibility index (Phi) is 3.83. The van der Waals surface area contributed by atoms with Crippen molar-refractivity contribution < 1.29 is 0 Å². The first kappa shape index (κ1) is 13.3. The molecule has 0 fully saturated rings. The van der Waals surface area contributed by atoms with Crippen LogP contribution in [0.2, 0.25) is 0 Å². The second kappa shape index (κ2) is 5.75. The molecule has 2 aromatic heterocycles. The molecule has 0 amide bonds. The quantitative estimate of drug-likeness (QED) is 0.708. The SMILES string of the molecule is CCCc1nc2ccccc2n1Cc1csc(CC)n1. The molecule has 3 rings (SSSR count). The number of hydrogen-bond donors (Lipinski definition) is 0. The van der Waals surface area contributed by atoms with E-state index in [4.69, 9.17) is 4.98 Å². The average Bonchev–Trinajstić information content (AvgIpc) is 3.05. The Morgan fingerprint density at radius 3 is 2.75 bits per heavy atom. The van der Waals surface area contributed by atoms with Crippen LogP contribution in [0.1, 0.15) is 36.8 Å². The molecule has 0 aliphatic rings. The fraction of sp³-hybridized carbons (Fsp3) is 0.375. The van der Waals surface area contributed by atoms with E-state index >= 15 is 0 Å². The van der Waals surface area contributed by atoms with E-state index in [1.54, 1.807) is 11.3 Å². The van der Waals surface area contributed by atoms with E-state index in [0.717, 1.165) is 37.0 Å². The van der Waals surface area contributed by atoms with Crippen molar-refractivity contribution in [3.8, 4) is 0 Å². The van der Waals surface area contributed by atoms with E-state index in [1.807, 2.05) is 6.07 Å². The van der Waals surface area contributed by atoms with Gasteiger partial charge in [0.15, 0.2) is 0 Å². The third kappa shape index (κ3) is 2.48. The van der Waals surface area contributed by atoms with Crippen LogP contribution >= 0.6 is 11.3 Å². The molecule has 0 saturated carbocycles. The van der Waals surface area contributed by atoms with Crippen molar-refractivity contribution in [3.63, 3.8) is 0 Å². The standard InChI is InChI=1S/C16H19N3S/c1-3-7-15-18-13-8-5-6-9-14(13)19(15)10-12-11-20-16(4-2)17-12/h5-6,8-9,11H,3-4,7,10H2,1-2H3. The van der Waals surface area contributed by atoms with Crippen molar-refractivity contribution in [3.05, 3.63) is 46.2 Å². The van der Waals surface area contributed by atoms with Gasteiger partial charge >= 0.3 is 0 Å².